The summed E-state index contributed by atoms with van der Waals surface area (Å²) in [5.41, 5.74) is 2.34. The molecule has 1 spiro atoms. The quantitative estimate of drug-likeness (QED) is 0.716. The molecule has 0 atom stereocenters. The van der Waals surface area contributed by atoms with Crippen LogP contribution in [0.15, 0.2) is 53.5 Å². The number of nitrogens with one attached hydrogen (secondary N) is 2. The summed E-state index contributed by atoms with van der Waals surface area (Å²) < 4.78 is 38.4. The van der Waals surface area contributed by atoms with Gasteiger partial charge in [-0.2, -0.15) is 13.2 Å². The van der Waals surface area contributed by atoms with Crippen LogP contribution in [0.4, 0.5) is 24.5 Å². The van der Waals surface area contributed by atoms with Gasteiger partial charge in [0.2, 0.25) is 0 Å². The Morgan fingerprint density at radius 3 is 2.45 bits per heavy atom. The number of alkyl halides is 3. The van der Waals surface area contributed by atoms with Crippen LogP contribution in [0.3, 0.4) is 0 Å². The summed E-state index contributed by atoms with van der Waals surface area (Å²) in [6, 6.07) is 15.3. The lowest BCUT2D eigenvalue weighted by atomic mass is 9.83. The van der Waals surface area contributed by atoms with E-state index in [-0.39, 0.29) is 0 Å². The van der Waals surface area contributed by atoms with Crippen LogP contribution in [0.2, 0.25) is 5.02 Å². The van der Waals surface area contributed by atoms with E-state index in [1.165, 1.54) is 4.90 Å². The van der Waals surface area contributed by atoms with E-state index in [0.717, 1.165) is 22.8 Å². The van der Waals surface area contributed by atoms with E-state index in [1.54, 1.807) is 0 Å². The van der Waals surface area contributed by atoms with Crippen LogP contribution in [-0.4, -0.2) is 42.1 Å². The number of halogens is 4. The molecule has 2 aromatic carbocycles. The zero-order valence-corrected chi connectivity index (χ0v) is 16.5. The van der Waals surface area contributed by atoms with Crippen molar-refractivity contribution in [3.8, 4) is 0 Å². The number of fused-ring (bicyclic) bond motifs is 1. The standard InChI is InChI=1S/C21H22ClF3N4/c22-16-5-3-4-15(12-16)13-26-19-20(28-18-7-2-1-6-17(18)27-19)8-10-29(11-9-20)14-21(23,24)25/h1-7,12,28H,8-11,13-14H2,(H,26,27). The summed E-state index contributed by atoms with van der Waals surface area (Å²) in [5, 5.41) is 7.64. The number of amidine groups is 1. The molecule has 29 heavy (non-hydrogen) atoms. The van der Waals surface area contributed by atoms with Gasteiger partial charge in [0.05, 0.1) is 30.0 Å². The Balaban J connectivity index is 1.58. The Morgan fingerprint density at radius 2 is 1.76 bits per heavy atom. The minimum atomic E-state index is -4.18. The highest BCUT2D eigenvalue weighted by Gasteiger charge is 2.44. The average Bonchev–Trinajstić information content (AvgIpc) is 2.67. The van der Waals surface area contributed by atoms with Gasteiger partial charge in [-0.3, -0.25) is 9.89 Å². The highest BCUT2D eigenvalue weighted by Crippen LogP contribution is 2.37. The van der Waals surface area contributed by atoms with Gasteiger partial charge in [-0.25, -0.2) is 0 Å². The number of benzene rings is 2. The van der Waals surface area contributed by atoms with E-state index in [4.69, 9.17) is 16.6 Å². The Bertz CT molecular complexity index is 905. The van der Waals surface area contributed by atoms with Gasteiger partial charge in [-0.15, -0.1) is 0 Å². The number of aliphatic imine (C=N–C) groups is 1. The van der Waals surface area contributed by atoms with Crippen molar-refractivity contribution >= 4 is 28.8 Å². The molecule has 4 rings (SSSR count). The monoisotopic (exact) mass is 422 g/mol. The van der Waals surface area contributed by atoms with Crippen LogP contribution >= 0.6 is 11.6 Å². The highest BCUT2D eigenvalue weighted by atomic mass is 35.5. The fourth-order valence-electron chi connectivity index (χ4n) is 3.97. The summed E-state index contributed by atoms with van der Waals surface area (Å²) in [4.78, 5) is 6.27. The lowest BCUT2D eigenvalue weighted by molar-refractivity contribution is -0.148. The molecule has 2 heterocycles. The van der Waals surface area contributed by atoms with Crippen molar-refractivity contribution in [2.24, 2.45) is 4.99 Å². The molecule has 4 nitrogen and oxygen atoms in total. The van der Waals surface area contributed by atoms with Crippen molar-refractivity contribution in [2.45, 2.75) is 31.1 Å². The predicted molar refractivity (Wildman–Crippen MR) is 111 cm³/mol. The first-order valence-electron chi connectivity index (χ1n) is 9.56. The van der Waals surface area contributed by atoms with Crippen molar-refractivity contribution in [1.29, 1.82) is 0 Å². The molecule has 154 valence electrons. The molecular weight excluding hydrogens is 401 g/mol. The summed E-state index contributed by atoms with van der Waals surface area (Å²) in [7, 11) is 0. The molecule has 2 aliphatic rings. The zero-order chi connectivity index (χ0) is 20.5. The summed E-state index contributed by atoms with van der Waals surface area (Å²) in [6.07, 6.45) is -3.10. The zero-order valence-electron chi connectivity index (χ0n) is 15.8. The van der Waals surface area contributed by atoms with E-state index >= 15 is 0 Å². The van der Waals surface area contributed by atoms with Crippen molar-refractivity contribution in [1.82, 2.24) is 4.90 Å². The minimum absolute atomic E-state index is 0.354. The van der Waals surface area contributed by atoms with Crippen LogP contribution in [0.25, 0.3) is 0 Å². The smallest absolute Gasteiger partial charge is 0.371 e. The van der Waals surface area contributed by atoms with Gasteiger partial charge in [0, 0.05) is 18.1 Å². The first kappa shape index (κ1) is 20.0. The molecular formula is C21H22ClF3N4. The molecule has 0 aromatic heterocycles. The van der Waals surface area contributed by atoms with E-state index < -0.39 is 18.3 Å². The summed E-state index contributed by atoms with van der Waals surface area (Å²) >= 11 is 6.07. The molecule has 0 aliphatic carbocycles. The van der Waals surface area contributed by atoms with E-state index in [0.29, 0.717) is 37.5 Å². The number of likely N-dealkylation sites (tertiary alicyclic amines) is 1. The molecule has 2 N–H and O–H groups in total. The third kappa shape index (κ3) is 4.67. The summed E-state index contributed by atoms with van der Waals surface area (Å²) in [6.45, 7) is 0.280. The van der Waals surface area contributed by atoms with E-state index in [9.17, 15) is 13.2 Å². The number of hydrogen-bond acceptors (Lipinski definition) is 3. The van der Waals surface area contributed by atoms with Gasteiger partial charge in [-0.1, -0.05) is 35.9 Å². The Morgan fingerprint density at radius 1 is 1.03 bits per heavy atom. The molecule has 1 saturated heterocycles. The molecule has 2 aliphatic heterocycles. The van der Waals surface area contributed by atoms with Gasteiger partial charge in [0.25, 0.3) is 0 Å². The number of anilines is 2. The predicted octanol–water partition coefficient (Wildman–Crippen LogP) is 5.17. The Kier molecular flexibility index (Phi) is 5.44. The van der Waals surface area contributed by atoms with Gasteiger partial charge >= 0.3 is 6.18 Å². The topological polar surface area (TPSA) is 39.7 Å². The summed E-state index contributed by atoms with van der Waals surface area (Å²) in [5.74, 6) is 0.767. The average molecular weight is 423 g/mol. The molecule has 0 amide bonds. The molecule has 2 aromatic rings. The molecule has 8 heteroatoms. The van der Waals surface area contributed by atoms with Gasteiger partial charge in [0.15, 0.2) is 0 Å². The number of para-hydroxylation sites is 2. The Labute approximate surface area is 172 Å². The van der Waals surface area contributed by atoms with Crippen LogP contribution in [0.1, 0.15) is 18.4 Å². The first-order valence-corrected chi connectivity index (χ1v) is 9.94. The molecule has 0 radical (unpaired) electrons. The van der Waals surface area contributed by atoms with Gasteiger partial charge in [-0.05, 0) is 42.7 Å². The number of piperidine rings is 1. The van der Waals surface area contributed by atoms with Crippen LogP contribution in [0.5, 0.6) is 0 Å². The fourth-order valence-corrected chi connectivity index (χ4v) is 4.18. The minimum Gasteiger partial charge on any atom is -0.371 e. The van der Waals surface area contributed by atoms with Crippen LogP contribution in [0, 0.1) is 0 Å². The second-order valence-electron chi connectivity index (χ2n) is 7.56. The number of rotatable bonds is 3. The third-order valence-electron chi connectivity index (χ3n) is 5.43. The van der Waals surface area contributed by atoms with E-state index in [1.807, 2.05) is 48.5 Å². The molecule has 1 fully saturated rings. The first-order chi connectivity index (χ1) is 13.8. The number of hydrogen-bond donors (Lipinski definition) is 2. The van der Waals surface area contributed by atoms with Crippen LogP contribution in [-0.2, 0) is 6.54 Å². The molecule has 0 unspecified atom stereocenters. The van der Waals surface area contributed by atoms with Crippen LogP contribution < -0.4 is 10.6 Å². The molecule has 0 saturated carbocycles. The molecule has 0 bridgehead atoms. The van der Waals surface area contributed by atoms with Crippen molar-refractivity contribution in [3.05, 3.63) is 59.1 Å². The third-order valence-corrected chi connectivity index (χ3v) is 5.66. The normalized spacial score (nSPS) is 20.2. The second-order valence-corrected chi connectivity index (χ2v) is 8.00. The van der Waals surface area contributed by atoms with Crippen molar-refractivity contribution in [2.75, 3.05) is 30.3 Å². The van der Waals surface area contributed by atoms with E-state index in [2.05, 4.69) is 10.6 Å². The SMILES string of the molecule is FC(F)(F)CN1CCC2(CC1)Nc1ccccc1NC2=NCc1cccc(Cl)c1. The largest absolute Gasteiger partial charge is 0.401 e. The van der Waals surface area contributed by atoms with Crippen molar-refractivity contribution in [3.63, 3.8) is 0 Å². The van der Waals surface area contributed by atoms with Gasteiger partial charge < -0.3 is 10.6 Å². The fraction of sp³-hybridized carbons (Fsp3) is 0.381. The van der Waals surface area contributed by atoms with Crippen molar-refractivity contribution < 1.29 is 13.2 Å². The maximum absolute atomic E-state index is 12.8. The maximum Gasteiger partial charge on any atom is 0.401 e. The van der Waals surface area contributed by atoms with Gasteiger partial charge in [0.1, 0.15) is 5.84 Å². The number of nitrogens with zero attached hydrogens (tertiary/aromatic N) is 2. The lowest BCUT2D eigenvalue weighted by Gasteiger charge is -2.46. The maximum atomic E-state index is 12.8. The second kappa shape index (κ2) is 7.88. The lowest BCUT2D eigenvalue weighted by Crippen LogP contribution is -2.59. The highest BCUT2D eigenvalue weighted by molar-refractivity contribution is 6.30. The Hall–Kier alpha value is -2.25.